The number of methoxy groups -OCH3 is 1. The van der Waals surface area contributed by atoms with E-state index in [0.29, 0.717) is 5.56 Å². The van der Waals surface area contributed by atoms with Gasteiger partial charge in [-0.2, -0.15) is 0 Å². The minimum absolute atomic E-state index is 0.0636. The van der Waals surface area contributed by atoms with Gasteiger partial charge in [0.15, 0.2) is 0 Å². The third kappa shape index (κ3) is 3.96. The zero-order chi connectivity index (χ0) is 15.1. The van der Waals surface area contributed by atoms with Gasteiger partial charge in [-0.3, -0.25) is 0 Å². The summed E-state index contributed by atoms with van der Waals surface area (Å²) < 4.78 is 4.65. The molecule has 0 aliphatic rings. The molecule has 0 amide bonds. The lowest BCUT2D eigenvalue weighted by molar-refractivity contribution is 0.0138. The first-order chi connectivity index (χ1) is 9.51. The van der Waals surface area contributed by atoms with Crippen LogP contribution in [0.4, 0.5) is 0 Å². The van der Waals surface area contributed by atoms with E-state index in [1.807, 2.05) is 6.92 Å². The summed E-state index contributed by atoms with van der Waals surface area (Å²) in [6.45, 7) is 1.87. The van der Waals surface area contributed by atoms with Crippen molar-refractivity contribution < 1.29 is 19.7 Å². The molecule has 1 rings (SSSR count). The standard InChI is InChI=1S/C13H17N3O4/c1-8-3-4-9(13(19)20-2)10(7-8)12(18)11(17)5-6-15-16-14/h3-4,7,11-12,17-18H,5-6H2,1-2H3. The summed E-state index contributed by atoms with van der Waals surface area (Å²) in [6, 6.07) is 4.88. The van der Waals surface area contributed by atoms with E-state index in [0.717, 1.165) is 5.56 Å². The first-order valence-corrected chi connectivity index (χ1v) is 6.07. The fraction of sp³-hybridized carbons (Fsp3) is 0.462. The van der Waals surface area contributed by atoms with Gasteiger partial charge in [-0.25, -0.2) is 4.79 Å². The molecule has 7 heteroatoms. The van der Waals surface area contributed by atoms with Gasteiger partial charge in [-0.1, -0.05) is 22.8 Å². The lowest BCUT2D eigenvalue weighted by Gasteiger charge is -2.20. The molecule has 0 radical (unpaired) electrons. The topological polar surface area (TPSA) is 116 Å². The van der Waals surface area contributed by atoms with Gasteiger partial charge < -0.3 is 14.9 Å². The average Bonchev–Trinajstić information content (AvgIpc) is 2.45. The van der Waals surface area contributed by atoms with Crippen molar-refractivity contribution in [1.29, 1.82) is 0 Å². The van der Waals surface area contributed by atoms with Crippen molar-refractivity contribution in [1.82, 2.24) is 0 Å². The van der Waals surface area contributed by atoms with E-state index in [2.05, 4.69) is 14.8 Å². The van der Waals surface area contributed by atoms with Crippen LogP contribution in [0.3, 0.4) is 0 Å². The number of carbonyl (C=O) groups is 1. The highest BCUT2D eigenvalue weighted by Gasteiger charge is 2.23. The van der Waals surface area contributed by atoms with E-state index in [9.17, 15) is 15.0 Å². The summed E-state index contributed by atoms with van der Waals surface area (Å²) in [7, 11) is 1.25. The fourth-order valence-electron chi connectivity index (χ4n) is 1.82. The van der Waals surface area contributed by atoms with E-state index in [1.165, 1.54) is 7.11 Å². The Labute approximate surface area is 116 Å². The molecule has 108 valence electrons. The van der Waals surface area contributed by atoms with Crippen LogP contribution in [0, 0.1) is 6.92 Å². The minimum atomic E-state index is -1.25. The molecule has 1 aromatic carbocycles. The maximum Gasteiger partial charge on any atom is 0.338 e. The van der Waals surface area contributed by atoms with Gasteiger partial charge >= 0.3 is 5.97 Å². The summed E-state index contributed by atoms with van der Waals surface area (Å²) in [5, 5.41) is 23.3. The molecule has 2 atom stereocenters. The number of nitrogens with zero attached hydrogens (tertiary/aromatic N) is 3. The molecular formula is C13H17N3O4. The Balaban J connectivity index is 3.00. The van der Waals surface area contributed by atoms with Crippen LogP contribution < -0.4 is 0 Å². The number of aryl methyl sites for hydroxylation is 1. The fourth-order valence-corrected chi connectivity index (χ4v) is 1.82. The van der Waals surface area contributed by atoms with Crippen molar-refractivity contribution in [2.24, 2.45) is 5.11 Å². The highest BCUT2D eigenvalue weighted by Crippen LogP contribution is 2.24. The number of aliphatic hydroxyl groups is 2. The molecule has 0 aliphatic heterocycles. The Bertz CT molecular complexity index is 526. The lowest BCUT2D eigenvalue weighted by Crippen LogP contribution is -2.22. The van der Waals surface area contributed by atoms with Crippen molar-refractivity contribution in [2.45, 2.75) is 25.6 Å². The van der Waals surface area contributed by atoms with Gasteiger partial charge in [-0.05, 0) is 30.5 Å². The second kappa shape index (κ2) is 7.49. The predicted molar refractivity (Wildman–Crippen MR) is 72.1 cm³/mol. The molecule has 0 heterocycles. The predicted octanol–water partition coefficient (Wildman–Crippen LogP) is 1.88. The van der Waals surface area contributed by atoms with Gasteiger partial charge in [0.05, 0.1) is 18.8 Å². The third-order valence-corrected chi connectivity index (χ3v) is 2.88. The quantitative estimate of drug-likeness (QED) is 0.358. The zero-order valence-electron chi connectivity index (χ0n) is 11.4. The van der Waals surface area contributed by atoms with E-state index in [-0.39, 0.29) is 18.5 Å². The molecule has 20 heavy (non-hydrogen) atoms. The maximum atomic E-state index is 11.7. The highest BCUT2D eigenvalue weighted by atomic mass is 16.5. The highest BCUT2D eigenvalue weighted by molar-refractivity contribution is 5.91. The first kappa shape index (κ1) is 16.0. The number of ether oxygens (including phenoxy) is 1. The van der Waals surface area contributed by atoms with E-state index >= 15 is 0 Å². The van der Waals surface area contributed by atoms with Crippen LogP contribution in [0.1, 0.15) is 34.0 Å². The maximum absolute atomic E-state index is 11.7. The summed E-state index contributed by atoms with van der Waals surface area (Å²) >= 11 is 0. The molecule has 0 aromatic heterocycles. The van der Waals surface area contributed by atoms with E-state index in [4.69, 9.17) is 5.53 Å². The van der Waals surface area contributed by atoms with Gasteiger partial charge in [0.1, 0.15) is 6.10 Å². The van der Waals surface area contributed by atoms with Crippen LogP contribution in [0.2, 0.25) is 0 Å². The van der Waals surface area contributed by atoms with E-state index < -0.39 is 18.2 Å². The molecule has 2 unspecified atom stereocenters. The van der Waals surface area contributed by atoms with Crippen molar-refractivity contribution in [3.63, 3.8) is 0 Å². The van der Waals surface area contributed by atoms with Crippen molar-refractivity contribution in [3.05, 3.63) is 45.3 Å². The monoisotopic (exact) mass is 279 g/mol. The number of benzene rings is 1. The number of rotatable bonds is 6. The number of hydrogen-bond donors (Lipinski definition) is 2. The lowest BCUT2D eigenvalue weighted by atomic mass is 9.95. The Morgan fingerprint density at radius 1 is 1.50 bits per heavy atom. The van der Waals surface area contributed by atoms with Crippen molar-refractivity contribution >= 4 is 5.97 Å². The Kier molecular flexibility index (Phi) is 5.99. The molecule has 0 saturated heterocycles. The number of azide groups is 1. The second-order valence-electron chi connectivity index (χ2n) is 4.34. The van der Waals surface area contributed by atoms with Crippen LogP contribution in [0.25, 0.3) is 10.4 Å². The Morgan fingerprint density at radius 2 is 2.20 bits per heavy atom. The summed E-state index contributed by atoms with van der Waals surface area (Å²) in [5.41, 5.74) is 9.51. The largest absolute Gasteiger partial charge is 0.465 e. The number of esters is 1. The summed E-state index contributed by atoms with van der Waals surface area (Å²) in [4.78, 5) is 14.2. The van der Waals surface area contributed by atoms with Gasteiger partial charge in [-0.15, -0.1) is 0 Å². The molecule has 1 aromatic rings. The SMILES string of the molecule is COC(=O)c1ccc(C)cc1C(O)C(O)CCN=[N+]=[N-]. The van der Waals surface area contributed by atoms with E-state index in [1.54, 1.807) is 18.2 Å². The smallest absolute Gasteiger partial charge is 0.338 e. The summed E-state index contributed by atoms with van der Waals surface area (Å²) in [5.74, 6) is -0.582. The molecular weight excluding hydrogens is 262 g/mol. The molecule has 7 nitrogen and oxygen atoms in total. The number of aliphatic hydroxyl groups excluding tert-OH is 2. The molecule has 0 fully saturated rings. The third-order valence-electron chi connectivity index (χ3n) is 2.88. The molecule has 0 saturated carbocycles. The van der Waals surface area contributed by atoms with Gasteiger partial charge in [0.2, 0.25) is 0 Å². The van der Waals surface area contributed by atoms with Gasteiger partial charge in [0, 0.05) is 11.5 Å². The van der Waals surface area contributed by atoms with Crippen molar-refractivity contribution in [2.75, 3.05) is 13.7 Å². The van der Waals surface area contributed by atoms with Crippen molar-refractivity contribution in [3.8, 4) is 0 Å². The number of carbonyl (C=O) groups excluding carboxylic acids is 1. The van der Waals surface area contributed by atoms with Crippen LogP contribution in [-0.4, -0.2) is 35.9 Å². The molecule has 0 spiro atoms. The first-order valence-electron chi connectivity index (χ1n) is 6.07. The van der Waals surface area contributed by atoms with Crippen LogP contribution in [-0.2, 0) is 4.74 Å². The molecule has 0 bridgehead atoms. The molecule has 0 aliphatic carbocycles. The summed E-state index contributed by atoms with van der Waals surface area (Å²) in [6.07, 6.45) is -2.29. The number of hydrogen-bond acceptors (Lipinski definition) is 5. The normalized spacial score (nSPS) is 13.2. The zero-order valence-corrected chi connectivity index (χ0v) is 11.4. The molecule has 2 N–H and O–H groups in total. The van der Waals surface area contributed by atoms with Gasteiger partial charge in [0.25, 0.3) is 0 Å². The Morgan fingerprint density at radius 3 is 2.80 bits per heavy atom. The van der Waals surface area contributed by atoms with Crippen LogP contribution in [0.5, 0.6) is 0 Å². The van der Waals surface area contributed by atoms with Crippen LogP contribution >= 0.6 is 0 Å². The van der Waals surface area contributed by atoms with Crippen LogP contribution in [0.15, 0.2) is 23.3 Å². The average molecular weight is 279 g/mol. The minimum Gasteiger partial charge on any atom is -0.465 e. The Hall–Kier alpha value is -2.08. The second-order valence-corrected chi connectivity index (χ2v) is 4.34.